The summed E-state index contributed by atoms with van der Waals surface area (Å²) in [6, 6.07) is 15.0. The summed E-state index contributed by atoms with van der Waals surface area (Å²) in [5, 5.41) is 41.1. The molecule has 4 rings (SSSR count). The fourth-order valence-electron chi connectivity index (χ4n) is 4.39. The van der Waals surface area contributed by atoms with Crippen LogP contribution in [0.25, 0.3) is 21.7 Å². The minimum Gasteiger partial charge on any atom is -0.396 e. The molecule has 9 nitrogen and oxygen atoms in total. The highest BCUT2D eigenvalue weighted by Crippen LogP contribution is 2.40. The Morgan fingerprint density at radius 2 is 1.94 bits per heavy atom. The SMILES string of the molecule is Cc1cc(-c2sc(NC(=O)N3CCC(C#N)(CCO)CC3)nc2-c2cccc(C#N)c2)cc(CO)n1. The van der Waals surface area contributed by atoms with E-state index in [9.17, 15) is 25.5 Å². The van der Waals surface area contributed by atoms with Crippen molar-refractivity contribution in [2.24, 2.45) is 5.41 Å². The number of anilines is 1. The zero-order valence-electron chi connectivity index (χ0n) is 19.9. The predicted octanol–water partition coefficient (Wildman–Crippen LogP) is 4.06. The molecule has 0 bridgehead atoms. The van der Waals surface area contributed by atoms with Crippen LogP contribution in [0.2, 0.25) is 0 Å². The van der Waals surface area contributed by atoms with Gasteiger partial charge in [0.2, 0.25) is 0 Å². The maximum Gasteiger partial charge on any atom is 0.323 e. The number of aliphatic hydroxyl groups is 2. The molecule has 1 fully saturated rings. The zero-order chi connectivity index (χ0) is 25.7. The summed E-state index contributed by atoms with van der Waals surface area (Å²) < 4.78 is 0. The summed E-state index contributed by atoms with van der Waals surface area (Å²) in [5.74, 6) is 0. The molecule has 1 saturated heterocycles. The van der Waals surface area contributed by atoms with Crippen molar-refractivity contribution >= 4 is 22.5 Å². The Bertz CT molecular complexity index is 1350. The van der Waals surface area contributed by atoms with Gasteiger partial charge in [0.05, 0.1) is 46.0 Å². The van der Waals surface area contributed by atoms with Gasteiger partial charge in [0.1, 0.15) is 0 Å². The molecule has 1 aromatic carbocycles. The summed E-state index contributed by atoms with van der Waals surface area (Å²) in [5.41, 5.74) is 3.33. The molecule has 36 heavy (non-hydrogen) atoms. The van der Waals surface area contributed by atoms with Gasteiger partial charge in [-0.3, -0.25) is 10.3 Å². The second-order valence-electron chi connectivity index (χ2n) is 8.82. The van der Waals surface area contributed by atoms with Crippen molar-refractivity contribution in [3.63, 3.8) is 0 Å². The molecule has 184 valence electrons. The molecule has 0 unspecified atom stereocenters. The number of piperidine rings is 1. The monoisotopic (exact) mass is 502 g/mol. The molecule has 0 spiro atoms. The van der Waals surface area contributed by atoms with Crippen LogP contribution in [-0.2, 0) is 6.61 Å². The molecule has 0 atom stereocenters. The molecule has 1 aliphatic heterocycles. The van der Waals surface area contributed by atoms with Crippen molar-refractivity contribution < 1.29 is 15.0 Å². The van der Waals surface area contributed by atoms with Crippen molar-refractivity contribution in [1.82, 2.24) is 14.9 Å². The second kappa shape index (κ2) is 10.8. The van der Waals surface area contributed by atoms with E-state index in [1.807, 2.05) is 19.1 Å². The number of nitriles is 2. The van der Waals surface area contributed by atoms with Gasteiger partial charge >= 0.3 is 6.03 Å². The standard InChI is InChI=1S/C26H26N6O3S/c1-17-11-20(13-21(15-34)29-17)23-22(19-4-2-3-18(12-19)14-27)30-24(36-23)31-25(35)32-8-5-26(16-28,6-9-32)7-10-33/h2-4,11-13,33-34H,5-10,15H2,1H3,(H,30,31,35). The maximum absolute atomic E-state index is 13.0. The van der Waals surface area contributed by atoms with Gasteiger partial charge in [-0.1, -0.05) is 23.5 Å². The molecule has 2 amide bonds. The third kappa shape index (κ3) is 5.37. The van der Waals surface area contributed by atoms with Crippen molar-refractivity contribution in [3.05, 3.63) is 53.3 Å². The molecule has 0 saturated carbocycles. The van der Waals surface area contributed by atoms with E-state index in [1.165, 1.54) is 11.3 Å². The fourth-order valence-corrected chi connectivity index (χ4v) is 5.35. The minimum absolute atomic E-state index is 0.0517. The molecular weight excluding hydrogens is 476 g/mol. The van der Waals surface area contributed by atoms with Gasteiger partial charge < -0.3 is 15.1 Å². The Morgan fingerprint density at radius 3 is 2.61 bits per heavy atom. The first-order valence-electron chi connectivity index (χ1n) is 11.6. The number of benzene rings is 1. The van der Waals surface area contributed by atoms with Gasteiger partial charge in [-0.2, -0.15) is 10.5 Å². The third-order valence-electron chi connectivity index (χ3n) is 6.37. The summed E-state index contributed by atoms with van der Waals surface area (Å²) >= 11 is 1.31. The lowest BCUT2D eigenvalue weighted by Gasteiger charge is -2.36. The number of thiazole rings is 1. The quantitative estimate of drug-likeness (QED) is 0.460. The van der Waals surface area contributed by atoms with Crippen LogP contribution in [0.1, 0.15) is 36.2 Å². The highest BCUT2D eigenvalue weighted by atomic mass is 32.1. The Morgan fingerprint density at radius 1 is 1.17 bits per heavy atom. The van der Waals surface area contributed by atoms with Gasteiger partial charge in [0, 0.05) is 31.0 Å². The average Bonchev–Trinajstić information content (AvgIpc) is 3.32. The average molecular weight is 503 g/mol. The Balaban J connectivity index is 1.64. The molecule has 10 heteroatoms. The zero-order valence-corrected chi connectivity index (χ0v) is 20.7. The van der Waals surface area contributed by atoms with E-state index < -0.39 is 5.41 Å². The van der Waals surface area contributed by atoms with Gasteiger partial charge in [-0.05, 0) is 56.0 Å². The van der Waals surface area contributed by atoms with Crippen LogP contribution in [0.15, 0.2) is 36.4 Å². The minimum atomic E-state index is -0.595. The van der Waals surface area contributed by atoms with Crippen LogP contribution in [0.5, 0.6) is 0 Å². The largest absolute Gasteiger partial charge is 0.396 e. The lowest BCUT2D eigenvalue weighted by atomic mass is 9.77. The topological polar surface area (TPSA) is 146 Å². The number of nitrogens with zero attached hydrogens (tertiary/aromatic N) is 5. The first-order chi connectivity index (χ1) is 17.4. The number of hydrogen-bond donors (Lipinski definition) is 3. The molecular formula is C26H26N6O3S. The van der Waals surface area contributed by atoms with Gasteiger partial charge in [-0.15, -0.1) is 0 Å². The Kier molecular flexibility index (Phi) is 7.61. The van der Waals surface area contributed by atoms with Crippen molar-refractivity contribution in [3.8, 4) is 33.8 Å². The predicted molar refractivity (Wildman–Crippen MR) is 136 cm³/mol. The van der Waals surface area contributed by atoms with E-state index in [4.69, 9.17) is 4.98 Å². The number of carbonyl (C=O) groups excluding carboxylic acids is 1. The second-order valence-corrected chi connectivity index (χ2v) is 9.82. The first-order valence-corrected chi connectivity index (χ1v) is 12.4. The van der Waals surface area contributed by atoms with Crippen LogP contribution in [0.3, 0.4) is 0 Å². The van der Waals surface area contributed by atoms with Gasteiger partial charge in [0.15, 0.2) is 5.13 Å². The number of carbonyl (C=O) groups is 1. The number of nitrogens with one attached hydrogen (secondary N) is 1. The summed E-state index contributed by atoms with van der Waals surface area (Å²) in [6.07, 6.45) is 1.42. The van der Waals surface area contributed by atoms with E-state index >= 15 is 0 Å². The number of aromatic nitrogens is 2. The fraction of sp³-hybridized carbons (Fsp3) is 0.346. The summed E-state index contributed by atoms with van der Waals surface area (Å²) in [6.45, 7) is 2.42. The maximum atomic E-state index is 13.0. The van der Waals surface area contributed by atoms with E-state index in [-0.39, 0.29) is 19.2 Å². The van der Waals surface area contributed by atoms with E-state index in [1.54, 1.807) is 29.2 Å². The molecule has 3 N–H and O–H groups in total. The smallest absolute Gasteiger partial charge is 0.323 e. The Hall–Kier alpha value is -3.83. The molecule has 3 aromatic rings. The van der Waals surface area contributed by atoms with E-state index in [2.05, 4.69) is 22.4 Å². The normalized spacial score (nSPS) is 14.6. The molecule has 2 aromatic heterocycles. The first kappa shape index (κ1) is 25.3. The highest BCUT2D eigenvalue weighted by molar-refractivity contribution is 7.19. The number of aliphatic hydroxyl groups excluding tert-OH is 2. The molecule has 0 aliphatic carbocycles. The van der Waals surface area contributed by atoms with Crippen LogP contribution in [-0.4, -0.2) is 50.8 Å². The van der Waals surface area contributed by atoms with Crippen molar-refractivity contribution in [1.29, 1.82) is 10.5 Å². The van der Waals surface area contributed by atoms with Gasteiger partial charge in [-0.25, -0.2) is 9.78 Å². The number of urea groups is 1. The number of hydrogen-bond acceptors (Lipinski definition) is 8. The molecule has 0 radical (unpaired) electrons. The third-order valence-corrected chi connectivity index (χ3v) is 7.39. The van der Waals surface area contributed by atoms with Crippen LogP contribution < -0.4 is 5.32 Å². The number of aryl methyl sites for hydroxylation is 1. The van der Waals surface area contributed by atoms with Gasteiger partial charge in [0.25, 0.3) is 0 Å². The van der Waals surface area contributed by atoms with Crippen molar-refractivity contribution in [2.45, 2.75) is 32.8 Å². The summed E-state index contributed by atoms with van der Waals surface area (Å²) in [7, 11) is 0. The number of likely N-dealkylation sites (tertiary alicyclic amines) is 1. The number of rotatable bonds is 6. The summed E-state index contributed by atoms with van der Waals surface area (Å²) in [4.78, 5) is 24.5. The molecule has 3 heterocycles. The Labute approximate surface area is 213 Å². The van der Waals surface area contributed by atoms with E-state index in [0.29, 0.717) is 54.4 Å². The van der Waals surface area contributed by atoms with Crippen LogP contribution >= 0.6 is 11.3 Å². The van der Waals surface area contributed by atoms with E-state index in [0.717, 1.165) is 21.7 Å². The number of amides is 2. The molecule has 1 aliphatic rings. The number of pyridine rings is 1. The lowest BCUT2D eigenvalue weighted by molar-refractivity contribution is 0.132. The van der Waals surface area contributed by atoms with Crippen molar-refractivity contribution in [2.75, 3.05) is 25.0 Å². The van der Waals surface area contributed by atoms with Crippen LogP contribution in [0.4, 0.5) is 9.93 Å². The van der Waals surface area contributed by atoms with Crippen LogP contribution in [0, 0.1) is 35.0 Å². The lowest BCUT2D eigenvalue weighted by Crippen LogP contribution is -2.44. The highest BCUT2D eigenvalue weighted by Gasteiger charge is 2.36.